The Bertz CT molecular complexity index is 1120. The van der Waals surface area contributed by atoms with Gasteiger partial charge in [0.15, 0.2) is 11.6 Å². The monoisotopic (exact) mass is 395 g/mol. The first-order valence-electron chi connectivity index (χ1n) is 7.80. The number of aromatic nitrogens is 2. The number of carbonyl (C=O) groups excluding carboxylic acids is 1. The lowest BCUT2D eigenvalue weighted by molar-refractivity contribution is 0.0740. The molecule has 3 aromatic rings. The highest BCUT2D eigenvalue weighted by molar-refractivity contribution is 6.30. The minimum Gasteiger partial charge on any atom is -0.333 e. The normalized spacial score (nSPS) is 12.2. The molecule has 1 aromatic heterocycles. The standard InChI is InChI=1S/C18H13ClF3N3O2/c1-8(25(2)18(27)9-3-4-12(19)13(20)5-9)16-10-6-14(21)15(22)7-11(10)17(26)24-23-16/h3-8H,1-2H3,(H,24,26). The van der Waals surface area contributed by atoms with Crippen LogP contribution in [0.4, 0.5) is 13.2 Å². The molecule has 1 atom stereocenters. The van der Waals surface area contributed by atoms with Crippen LogP contribution in [0.3, 0.4) is 0 Å². The first kappa shape index (κ1) is 18.9. The number of halogens is 4. The molecule has 9 heteroatoms. The molecule has 1 amide bonds. The Kier molecular flexibility index (Phi) is 4.93. The van der Waals surface area contributed by atoms with Gasteiger partial charge in [-0.1, -0.05) is 11.6 Å². The van der Waals surface area contributed by atoms with Crippen molar-refractivity contribution < 1.29 is 18.0 Å². The fraction of sp³-hybridized carbons (Fsp3) is 0.167. The van der Waals surface area contributed by atoms with Crippen molar-refractivity contribution in [1.29, 1.82) is 0 Å². The lowest BCUT2D eigenvalue weighted by Crippen LogP contribution is -2.31. The summed E-state index contributed by atoms with van der Waals surface area (Å²) in [5, 5.41) is 5.97. The SMILES string of the molecule is CC(c1n[nH]c(=O)c2cc(F)c(F)cc12)N(C)C(=O)c1ccc(Cl)c(F)c1. The van der Waals surface area contributed by atoms with E-state index in [0.29, 0.717) is 0 Å². The van der Waals surface area contributed by atoms with E-state index >= 15 is 0 Å². The summed E-state index contributed by atoms with van der Waals surface area (Å²) in [7, 11) is 1.44. The first-order chi connectivity index (χ1) is 12.7. The summed E-state index contributed by atoms with van der Waals surface area (Å²) in [5.74, 6) is -3.59. The van der Waals surface area contributed by atoms with Gasteiger partial charge in [0.2, 0.25) is 0 Å². The van der Waals surface area contributed by atoms with E-state index in [0.717, 1.165) is 18.2 Å². The van der Waals surface area contributed by atoms with E-state index in [1.54, 1.807) is 6.92 Å². The topological polar surface area (TPSA) is 66.1 Å². The molecule has 0 aliphatic heterocycles. The number of hydrogen-bond acceptors (Lipinski definition) is 3. The number of fused-ring (bicyclic) bond motifs is 1. The molecule has 0 fully saturated rings. The largest absolute Gasteiger partial charge is 0.333 e. The number of benzene rings is 2. The molecule has 0 bridgehead atoms. The molecule has 1 N–H and O–H groups in total. The summed E-state index contributed by atoms with van der Waals surface area (Å²) in [6, 6.07) is 4.53. The highest BCUT2D eigenvalue weighted by Crippen LogP contribution is 2.26. The van der Waals surface area contributed by atoms with Crippen molar-refractivity contribution in [2.75, 3.05) is 7.05 Å². The van der Waals surface area contributed by atoms with Gasteiger partial charge >= 0.3 is 0 Å². The number of nitrogens with zero attached hydrogens (tertiary/aromatic N) is 2. The molecule has 140 valence electrons. The van der Waals surface area contributed by atoms with Gasteiger partial charge in [0.25, 0.3) is 11.5 Å². The van der Waals surface area contributed by atoms with E-state index in [4.69, 9.17) is 11.6 Å². The third-order valence-corrected chi connectivity index (χ3v) is 4.63. The second-order valence-electron chi connectivity index (χ2n) is 5.97. The number of hydrogen-bond donors (Lipinski definition) is 1. The number of rotatable bonds is 3. The lowest BCUT2D eigenvalue weighted by Gasteiger charge is -2.25. The lowest BCUT2D eigenvalue weighted by atomic mass is 10.0. The van der Waals surface area contributed by atoms with Gasteiger partial charge < -0.3 is 4.90 Å². The number of amides is 1. The Morgan fingerprint density at radius 1 is 1.11 bits per heavy atom. The highest BCUT2D eigenvalue weighted by Gasteiger charge is 2.24. The van der Waals surface area contributed by atoms with Crippen molar-refractivity contribution in [3.05, 3.63) is 74.4 Å². The van der Waals surface area contributed by atoms with Crippen LogP contribution in [0.15, 0.2) is 35.1 Å². The summed E-state index contributed by atoms with van der Waals surface area (Å²) in [5.41, 5.74) is -0.473. The van der Waals surface area contributed by atoms with Crippen LogP contribution >= 0.6 is 11.6 Å². The van der Waals surface area contributed by atoms with Crippen LogP contribution in [0, 0.1) is 17.5 Å². The van der Waals surface area contributed by atoms with Crippen molar-refractivity contribution in [3.8, 4) is 0 Å². The summed E-state index contributed by atoms with van der Waals surface area (Å²) in [4.78, 5) is 25.7. The fourth-order valence-corrected chi connectivity index (χ4v) is 2.81. The van der Waals surface area contributed by atoms with Gasteiger partial charge in [-0.05, 0) is 37.3 Å². The maximum Gasteiger partial charge on any atom is 0.272 e. The van der Waals surface area contributed by atoms with E-state index in [-0.39, 0.29) is 27.1 Å². The van der Waals surface area contributed by atoms with Crippen LogP contribution in [0.2, 0.25) is 5.02 Å². The quantitative estimate of drug-likeness (QED) is 0.733. The van der Waals surface area contributed by atoms with Crippen molar-refractivity contribution in [1.82, 2.24) is 15.1 Å². The molecule has 3 rings (SSSR count). The van der Waals surface area contributed by atoms with E-state index < -0.39 is 35.0 Å². The van der Waals surface area contributed by atoms with Crippen molar-refractivity contribution in [2.45, 2.75) is 13.0 Å². The van der Waals surface area contributed by atoms with Gasteiger partial charge in [0.05, 0.1) is 22.1 Å². The van der Waals surface area contributed by atoms with Gasteiger partial charge in [0.1, 0.15) is 5.82 Å². The van der Waals surface area contributed by atoms with E-state index in [1.165, 1.54) is 24.1 Å². The molecule has 27 heavy (non-hydrogen) atoms. The van der Waals surface area contributed by atoms with Crippen LogP contribution in [-0.4, -0.2) is 28.1 Å². The zero-order chi connectivity index (χ0) is 19.9. The molecule has 0 saturated heterocycles. The molecule has 1 heterocycles. The van der Waals surface area contributed by atoms with Crippen molar-refractivity contribution in [2.24, 2.45) is 0 Å². The molecule has 2 aromatic carbocycles. The van der Waals surface area contributed by atoms with Crippen LogP contribution in [-0.2, 0) is 0 Å². The van der Waals surface area contributed by atoms with Crippen LogP contribution in [0.5, 0.6) is 0 Å². The van der Waals surface area contributed by atoms with Gasteiger partial charge in [0, 0.05) is 18.0 Å². The number of H-pyrrole nitrogens is 1. The van der Waals surface area contributed by atoms with Gasteiger partial charge in [-0.2, -0.15) is 5.10 Å². The molecule has 0 spiro atoms. The molecule has 0 aliphatic rings. The highest BCUT2D eigenvalue weighted by atomic mass is 35.5. The maximum atomic E-state index is 13.7. The minimum absolute atomic E-state index is 0.0530. The summed E-state index contributed by atoms with van der Waals surface area (Å²) in [6.07, 6.45) is 0. The number of nitrogens with one attached hydrogen (secondary N) is 1. The summed E-state index contributed by atoms with van der Waals surface area (Å²) >= 11 is 5.62. The third kappa shape index (κ3) is 3.40. The Morgan fingerprint density at radius 3 is 2.37 bits per heavy atom. The second kappa shape index (κ2) is 7.03. The molecular weight excluding hydrogens is 383 g/mol. The smallest absolute Gasteiger partial charge is 0.272 e. The molecule has 0 aliphatic carbocycles. The Labute approximate surface area is 156 Å². The zero-order valence-electron chi connectivity index (χ0n) is 14.2. The maximum absolute atomic E-state index is 13.7. The molecule has 1 unspecified atom stereocenters. The molecule has 0 radical (unpaired) electrons. The number of carbonyl (C=O) groups is 1. The second-order valence-corrected chi connectivity index (χ2v) is 6.38. The van der Waals surface area contributed by atoms with Crippen molar-refractivity contribution in [3.63, 3.8) is 0 Å². The zero-order valence-corrected chi connectivity index (χ0v) is 14.9. The van der Waals surface area contributed by atoms with Crippen molar-refractivity contribution >= 4 is 28.3 Å². The van der Waals surface area contributed by atoms with E-state index in [1.807, 2.05) is 0 Å². The fourth-order valence-electron chi connectivity index (χ4n) is 2.69. The molecule has 5 nitrogen and oxygen atoms in total. The molecular formula is C18H13ClF3N3O2. The van der Waals surface area contributed by atoms with Gasteiger partial charge in [-0.15, -0.1) is 0 Å². The summed E-state index contributed by atoms with van der Waals surface area (Å²) < 4.78 is 40.8. The third-order valence-electron chi connectivity index (χ3n) is 4.32. The van der Waals surface area contributed by atoms with Crippen LogP contribution in [0.1, 0.15) is 29.0 Å². The average molecular weight is 396 g/mol. The van der Waals surface area contributed by atoms with Crippen LogP contribution in [0.25, 0.3) is 10.8 Å². The Hall–Kier alpha value is -2.87. The van der Waals surface area contributed by atoms with Gasteiger partial charge in [-0.25, -0.2) is 18.3 Å². The predicted molar refractivity (Wildman–Crippen MR) is 94.2 cm³/mol. The van der Waals surface area contributed by atoms with Gasteiger partial charge in [-0.3, -0.25) is 9.59 Å². The Morgan fingerprint density at radius 2 is 1.74 bits per heavy atom. The minimum atomic E-state index is -1.17. The van der Waals surface area contributed by atoms with Crippen LogP contribution < -0.4 is 5.56 Å². The molecule has 0 saturated carbocycles. The predicted octanol–water partition coefficient (Wildman–Crippen LogP) is 3.83. The average Bonchev–Trinajstić information content (AvgIpc) is 2.64. The van der Waals surface area contributed by atoms with E-state index in [2.05, 4.69) is 10.2 Å². The van der Waals surface area contributed by atoms with E-state index in [9.17, 15) is 22.8 Å². The number of aromatic amines is 1. The first-order valence-corrected chi connectivity index (χ1v) is 8.18. The Balaban J connectivity index is 2.04. The summed E-state index contributed by atoms with van der Waals surface area (Å²) in [6.45, 7) is 1.59.